The Bertz CT molecular complexity index is 1870. The van der Waals surface area contributed by atoms with Gasteiger partial charge in [0.2, 0.25) is 5.91 Å². The third kappa shape index (κ3) is 6.94. The Balaban J connectivity index is 1.13. The van der Waals surface area contributed by atoms with Gasteiger partial charge in [-0.05, 0) is 90.6 Å². The molecule has 1 aliphatic carbocycles. The smallest absolute Gasteiger partial charge is 0.285 e. The van der Waals surface area contributed by atoms with Crippen molar-refractivity contribution < 1.29 is 27.0 Å². The first-order valence-electron chi connectivity index (χ1n) is 15.0. The largest absolute Gasteiger partial charge is 0.493 e. The summed E-state index contributed by atoms with van der Waals surface area (Å²) < 4.78 is 34.6. The van der Waals surface area contributed by atoms with E-state index >= 15 is 0 Å². The molecule has 0 bridgehead atoms. The van der Waals surface area contributed by atoms with Gasteiger partial charge in [-0.25, -0.2) is 5.48 Å². The molecule has 4 aromatic rings. The highest BCUT2D eigenvalue weighted by Crippen LogP contribution is 2.57. The highest BCUT2D eigenvalue weighted by atomic mass is 32.2. The second kappa shape index (κ2) is 12.5. The van der Waals surface area contributed by atoms with E-state index in [-0.39, 0.29) is 11.5 Å². The van der Waals surface area contributed by atoms with E-state index in [2.05, 4.69) is 28.4 Å². The lowest BCUT2D eigenvalue weighted by molar-refractivity contribution is -0.119. The molecule has 2 amide bonds. The van der Waals surface area contributed by atoms with Gasteiger partial charge in [-0.3, -0.25) is 14.3 Å². The maximum absolute atomic E-state index is 13.5. The average molecular weight is 629 g/mol. The minimum atomic E-state index is -3.82. The van der Waals surface area contributed by atoms with Crippen LogP contribution in [0.25, 0.3) is 11.1 Å². The van der Waals surface area contributed by atoms with E-state index in [0.29, 0.717) is 37.8 Å². The number of benzene rings is 3. The van der Waals surface area contributed by atoms with E-state index in [1.165, 1.54) is 11.1 Å². The first-order chi connectivity index (χ1) is 21.6. The fraction of sp³-hybridized carbons (Fsp3) is 0.324. The monoisotopic (exact) mass is 628 g/mol. The van der Waals surface area contributed by atoms with Crippen LogP contribution in [0, 0.1) is 19.8 Å². The van der Waals surface area contributed by atoms with Crippen LogP contribution in [0.2, 0.25) is 0 Å². The summed E-state index contributed by atoms with van der Waals surface area (Å²) in [5.74, 6) is 1.22. The topological polar surface area (TPSA) is 120 Å². The summed E-state index contributed by atoms with van der Waals surface area (Å²) in [5.41, 5.74) is 9.56. The van der Waals surface area contributed by atoms with Gasteiger partial charge in [-0.15, -0.1) is 4.28 Å². The Morgan fingerprint density at radius 2 is 1.87 bits per heavy atom. The van der Waals surface area contributed by atoms with Gasteiger partial charge in [0.05, 0.1) is 25.6 Å². The minimum Gasteiger partial charge on any atom is -0.493 e. The Kier molecular flexibility index (Phi) is 8.48. The van der Waals surface area contributed by atoms with Crippen molar-refractivity contribution in [2.45, 2.75) is 45.6 Å². The van der Waals surface area contributed by atoms with E-state index in [0.717, 1.165) is 52.9 Å². The van der Waals surface area contributed by atoms with Crippen molar-refractivity contribution in [1.29, 1.82) is 0 Å². The molecule has 1 aliphatic heterocycles. The molecule has 0 radical (unpaired) electrons. The van der Waals surface area contributed by atoms with Crippen LogP contribution in [0.4, 0.5) is 5.69 Å². The summed E-state index contributed by atoms with van der Waals surface area (Å²) in [6.45, 7) is 5.76. The molecule has 1 saturated carbocycles. The van der Waals surface area contributed by atoms with Crippen molar-refractivity contribution in [2.75, 3.05) is 24.3 Å². The van der Waals surface area contributed by atoms with Gasteiger partial charge in [-0.2, -0.15) is 13.5 Å². The molecule has 45 heavy (non-hydrogen) atoms. The third-order valence-corrected chi connectivity index (χ3v) is 8.88. The van der Waals surface area contributed by atoms with Crippen molar-refractivity contribution in [3.05, 3.63) is 101 Å². The summed E-state index contributed by atoms with van der Waals surface area (Å²) in [6, 6.07) is 19.0. The molecule has 10 nitrogen and oxygen atoms in total. The maximum Gasteiger partial charge on any atom is 0.285 e. The predicted octanol–water partition coefficient (Wildman–Crippen LogP) is 5.15. The average Bonchev–Trinajstić information content (AvgIpc) is 3.67. The SMILES string of the molecule is Cc1cccc(OCCCC(=O)N2CC3CC3c3c(-c4cnn(Cc5cccc(C(=O)NOS(C)(=O)=O)c5)c4)cccc32)c1C. The number of aromatic nitrogens is 2. The zero-order valence-electron chi connectivity index (χ0n) is 25.5. The van der Waals surface area contributed by atoms with E-state index in [1.54, 1.807) is 22.9 Å². The lowest BCUT2D eigenvalue weighted by atomic mass is 9.92. The number of fused-ring (bicyclic) bond motifs is 3. The van der Waals surface area contributed by atoms with Gasteiger partial charge in [-0.1, -0.05) is 36.4 Å². The van der Waals surface area contributed by atoms with Crippen LogP contribution in [0.1, 0.15) is 57.8 Å². The summed E-state index contributed by atoms with van der Waals surface area (Å²) in [7, 11) is -3.82. The van der Waals surface area contributed by atoms with Crippen molar-refractivity contribution in [1.82, 2.24) is 15.3 Å². The summed E-state index contributed by atoms with van der Waals surface area (Å²) >= 11 is 0. The fourth-order valence-electron chi connectivity index (χ4n) is 5.98. The highest BCUT2D eigenvalue weighted by Gasteiger charge is 2.47. The van der Waals surface area contributed by atoms with E-state index in [9.17, 15) is 18.0 Å². The van der Waals surface area contributed by atoms with Gasteiger partial charge < -0.3 is 9.64 Å². The molecule has 3 aromatic carbocycles. The Morgan fingerprint density at radius 1 is 1.07 bits per heavy atom. The van der Waals surface area contributed by atoms with Gasteiger partial charge in [0.15, 0.2) is 0 Å². The quantitative estimate of drug-likeness (QED) is 0.180. The van der Waals surface area contributed by atoms with Gasteiger partial charge in [0.1, 0.15) is 5.75 Å². The van der Waals surface area contributed by atoms with Crippen molar-refractivity contribution in [3.63, 3.8) is 0 Å². The number of hydrogen-bond donors (Lipinski definition) is 1. The normalized spacial score (nSPS) is 16.9. The number of carbonyl (C=O) groups excluding carboxylic acids is 2. The number of nitrogens with one attached hydrogen (secondary N) is 1. The minimum absolute atomic E-state index is 0.116. The van der Waals surface area contributed by atoms with E-state index < -0.39 is 16.0 Å². The number of rotatable bonds is 11. The molecule has 1 aromatic heterocycles. The van der Waals surface area contributed by atoms with Crippen molar-refractivity contribution >= 4 is 27.6 Å². The molecular formula is C34H36N4O6S. The van der Waals surface area contributed by atoms with Gasteiger partial charge >= 0.3 is 0 Å². The number of amides is 2. The number of hydroxylamine groups is 1. The Morgan fingerprint density at radius 3 is 2.69 bits per heavy atom. The van der Waals surface area contributed by atoms with Crippen LogP contribution in [-0.4, -0.2) is 49.4 Å². The molecule has 2 unspecified atom stereocenters. The molecular weight excluding hydrogens is 592 g/mol. The fourth-order valence-corrected chi connectivity index (χ4v) is 6.21. The highest BCUT2D eigenvalue weighted by molar-refractivity contribution is 7.85. The van der Waals surface area contributed by atoms with Crippen LogP contribution in [0.5, 0.6) is 5.75 Å². The molecule has 11 heteroatoms. The number of hydrogen-bond acceptors (Lipinski definition) is 7. The first kappa shape index (κ1) is 30.5. The first-order valence-corrected chi connectivity index (χ1v) is 16.8. The number of anilines is 1. The predicted molar refractivity (Wildman–Crippen MR) is 170 cm³/mol. The Labute approximate surface area is 263 Å². The molecule has 2 heterocycles. The molecule has 6 rings (SSSR count). The van der Waals surface area contributed by atoms with Crippen LogP contribution < -0.4 is 15.1 Å². The molecule has 1 fully saturated rings. The second-order valence-corrected chi connectivity index (χ2v) is 13.4. The zero-order valence-corrected chi connectivity index (χ0v) is 26.3. The van der Waals surface area contributed by atoms with E-state index in [1.807, 2.05) is 60.0 Å². The molecule has 1 N–H and O–H groups in total. The summed E-state index contributed by atoms with van der Waals surface area (Å²) in [4.78, 5) is 27.8. The van der Waals surface area contributed by atoms with Crippen molar-refractivity contribution in [2.24, 2.45) is 5.92 Å². The Hall–Kier alpha value is -4.48. The third-order valence-electron chi connectivity index (χ3n) is 8.50. The van der Waals surface area contributed by atoms with Crippen molar-refractivity contribution in [3.8, 4) is 16.9 Å². The molecule has 2 aliphatic rings. The number of nitrogens with zero attached hydrogens (tertiary/aromatic N) is 3. The molecule has 0 spiro atoms. The lowest BCUT2D eigenvalue weighted by Crippen LogP contribution is -2.36. The zero-order chi connectivity index (χ0) is 31.7. The lowest BCUT2D eigenvalue weighted by Gasteiger charge is -2.30. The summed E-state index contributed by atoms with van der Waals surface area (Å²) in [6.07, 6.45) is 6.78. The number of ether oxygens (including phenoxy) is 1. The maximum atomic E-state index is 13.5. The number of carbonyl (C=O) groups is 2. The number of aryl methyl sites for hydroxylation is 1. The van der Waals surface area contributed by atoms with E-state index in [4.69, 9.17) is 4.74 Å². The molecule has 0 saturated heterocycles. The van der Waals surface area contributed by atoms with Gasteiger partial charge in [0.25, 0.3) is 16.0 Å². The second-order valence-electron chi connectivity index (χ2n) is 11.8. The molecule has 234 valence electrons. The van der Waals surface area contributed by atoms with Crippen LogP contribution in [-0.2, 0) is 25.7 Å². The van der Waals surface area contributed by atoms with Crippen LogP contribution >= 0.6 is 0 Å². The standard InChI is InChI=1S/C34H36N4O6S/c1-22-8-4-13-31(23(22)2)43-15-7-14-32(39)38-21-26-17-29(26)33-28(11-6-12-30(33)38)27-18-35-37(20-27)19-24-9-5-10-25(16-24)34(40)36-44-45(3,41)42/h4-6,8-13,16,18,20,26,29H,7,14-15,17,19,21H2,1-3H3,(H,36,40). The van der Waals surface area contributed by atoms with Gasteiger partial charge in [0, 0.05) is 36.0 Å². The van der Waals surface area contributed by atoms with Crippen LogP contribution in [0.15, 0.2) is 73.1 Å². The molecule has 2 atom stereocenters. The van der Waals surface area contributed by atoms with Crippen LogP contribution in [0.3, 0.4) is 0 Å². The summed E-state index contributed by atoms with van der Waals surface area (Å²) in [5, 5.41) is 4.58.